The van der Waals surface area contributed by atoms with Gasteiger partial charge in [-0.15, -0.1) is 6.58 Å². The summed E-state index contributed by atoms with van der Waals surface area (Å²) in [5, 5.41) is 4.25. The summed E-state index contributed by atoms with van der Waals surface area (Å²) in [6.07, 6.45) is 13.7. The molecule has 182 valence electrons. The quantitative estimate of drug-likeness (QED) is 0.286. The third kappa shape index (κ3) is 8.49. The molecule has 0 radical (unpaired) electrons. The molecule has 1 heterocycles. The lowest BCUT2D eigenvalue weighted by Crippen LogP contribution is -2.33. The van der Waals surface area contributed by atoms with Crippen LogP contribution in [0, 0.1) is 5.92 Å². The first-order valence-corrected chi connectivity index (χ1v) is 13.8. The molecule has 7 heteroatoms. The molecule has 0 aliphatic heterocycles. The molecule has 3 rings (SSSR count). The van der Waals surface area contributed by atoms with Crippen LogP contribution in [0.25, 0.3) is 10.9 Å². The maximum absolute atomic E-state index is 12.9. The van der Waals surface area contributed by atoms with Gasteiger partial charge in [-0.05, 0) is 76.1 Å². The average Bonchev–Trinajstić information content (AvgIpc) is 2.84. The molecule has 2 aromatic rings. The molecule has 6 nitrogen and oxygen atoms in total. The minimum Gasteiger partial charge on any atom is -0.378 e. The van der Waals surface area contributed by atoms with Gasteiger partial charge >= 0.3 is 0 Å². The van der Waals surface area contributed by atoms with E-state index in [1.54, 1.807) is 18.3 Å². The minimum absolute atomic E-state index is 0.255. The number of ether oxygens (including phenoxy) is 1. The molecule has 0 saturated heterocycles. The normalized spacial score (nSPS) is 19.0. The van der Waals surface area contributed by atoms with Crippen molar-refractivity contribution in [2.45, 2.75) is 68.8 Å². The zero-order valence-corrected chi connectivity index (χ0v) is 20.5. The zero-order chi connectivity index (χ0) is 23.4. The summed E-state index contributed by atoms with van der Waals surface area (Å²) in [6, 6.07) is 8.97. The molecular weight excluding hydrogens is 434 g/mol. The summed E-state index contributed by atoms with van der Waals surface area (Å²) < 4.78 is 34.7. The Labute approximate surface area is 199 Å². The summed E-state index contributed by atoms with van der Waals surface area (Å²) in [5.41, 5.74) is 0.522. The first-order valence-electron chi connectivity index (χ1n) is 12.4. The number of nitrogens with zero attached hydrogens (tertiary/aromatic N) is 1. The summed E-state index contributed by atoms with van der Waals surface area (Å²) in [7, 11) is -3.58. The summed E-state index contributed by atoms with van der Waals surface area (Å²) in [4.78, 5) is 4.53. The number of rotatable bonds is 15. The van der Waals surface area contributed by atoms with Gasteiger partial charge in [-0.2, -0.15) is 0 Å². The summed E-state index contributed by atoms with van der Waals surface area (Å²) in [5.74, 6) is 0.358. The van der Waals surface area contributed by atoms with Crippen LogP contribution in [0.15, 0.2) is 54.1 Å². The summed E-state index contributed by atoms with van der Waals surface area (Å²) >= 11 is 0. The van der Waals surface area contributed by atoms with Crippen molar-refractivity contribution >= 4 is 20.9 Å². The van der Waals surface area contributed by atoms with E-state index < -0.39 is 10.0 Å². The smallest absolute Gasteiger partial charge is 0.242 e. The first kappa shape index (κ1) is 25.8. The fourth-order valence-electron chi connectivity index (χ4n) is 4.39. The molecule has 0 amide bonds. The topological polar surface area (TPSA) is 80.3 Å². The van der Waals surface area contributed by atoms with E-state index >= 15 is 0 Å². The maximum Gasteiger partial charge on any atom is 0.242 e. The number of hydrogen-bond donors (Lipinski definition) is 2. The molecule has 0 spiro atoms. The van der Waals surface area contributed by atoms with E-state index in [0.29, 0.717) is 24.1 Å². The largest absolute Gasteiger partial charge is 0.378 e. The van der Waals surface area contributed by atoms with Crippen LogP contribution in [0.3, 0.4) is 0 Å². The van der Waals surface area contributed by atoms with E-state index in [2.05, 4.69) is 21.6 Å². The van der Waals surface area contributed by atoms with Gasteiger partial charge in [-0.3, -0.25) is 4.98 Å². The average molecular weight is 474 g/mol. The second kappa shape index (κ2) is 13.8. The lowest BCUT2D eigenvalue weighted by Gasteiger charge is -2.28. The molecule has 0 unspecified atom stereocenters. The van der Waals surface area contributed by atoms with Gasteiger partial charge in [0.1, 0.15) is 4.90 Å². The Kier molecular flexibility index (Phi) is 10.8. The highest BCUT2D eigenvalue weighted by Gasteiger charge is 2.24. The third-order valence-corrected chi connectivity index (χ3v) is 7.82. The second-order valence-corrected chi connectivity index (χ2v) is 10.7. The SMILES string of the molecule is C=CCCNCCCCCCOC1CCC(CNS(=O)(=O)c2cccc3cccnc23)CC1. The Morgan fingerprint density at radius 2 is 1.82 bits per heavy atom. The van der Waals surface area contributed by atoms with E-state index in [1.807, 2.05) is 24.3 Å². The van der Waals surface area contributed by atoms with Crippen LogP contribution in [0.1, 0.15) is 57.8 Å². The van der Waals surface area contributed by atoms with Gasteiger partial charge in [0.2, 0.25) is 10.0 Å². The van der Waals surface area contributed by atoms with Crippen molar-refractivity contribution in [3.8, 4) is 0 Å². The van der Waals surface area contributed by atoms with Crippen molar-refractivity contribution in [2.24, 2.45) is 5.92 Å². The van der Waals surface area contributed by atoms with Gasteiger partial charge in [0, 0.05) is 24.7 Å². The van der Waals surface area contributed by atoms with Crippen LogP contribution in [-0.2, 0) is 14.8 Å². The van der Waals surface area contributed by atoms with Crippen LogP contribution in [0.5, 0.6) is 0 Å². The molecular formula is C26H39N3O3S. The molecule has 1 aromatic carbocycles. The number of pyridine rings is 1. The minimum atomic E-state index is -3.58. The number of unbranched alkanes of at least 4 members (excludes halogenated alkanes) is 3. The predicted molar refractivity (Wildman–Crippen MR) is 135 cm³/mol. The molecule has 0 bridgehead atoms. The van der Waals surface area contributed by atoms with E-state index in [1.165, 1.54) is 19.3 Å². The molecule has 0 atom stereocenters. The van der Waals surface area contributed by atoms with E-state index in [4.69, 9.17) is 4.74 Å². The van der Waals surface area contributed by atoms with Gasteiger partial charge in [-0.25, -0.2) is 13.1 Å². The van der Waals surface area contributed by atoms with E-state index in [9.17, 15) is 8.42 Å². The molecule has 1 aliphatic carbocycles. The maximum atomic E-state index is 12.9. The number of hydrogen-bond acceptors (Lipinski definition) is 5. The molecule has 2 N–H and O–H groups in total. The van der Waals surface area contributed by atoms with Crippen LogP contribution < -0.4 is 10.0 Å². The third-order valence-electron chi connectivity index (χ3n) is 6.37. The lowest BCUT2D eigenvalue weighted by atomic mass is 9.87. The Morgan fingerprint density at radius 3 is 2.64 bits per heavy atom. The standard InChI is InChI=1S/C26H39N3O3S/c1-2-3-17-27-18-6-4-5-7-20-32-24-15-13-22(14-16-24)21-29-33(30,31)25-12-8-10-23-11-9-19-28-26(23)25/h2,8-12,19,22,24,27,29H,1,3-7,13-18,20-21H2. The number of sulfonamides is 1. The number of nitrogens with one attached hydrogen (secondary N) is 2. The van der Waals surface area contributed by atoms with Crippen LogP contribution in [0.2, 0.25) is 0 Å². The van der Waals surface area contributed by atoms with Crippen LogP contribution in [-0.4, -0.2) is 45.7 Å². The Hall–Kier alpha value is -1.80. The van der Waals surface area contributed by atoms with Crippen molar-refractivity contribution in [1.82, 2.24) is 15.0 Å². The fourth-order valence-corrected chi connectivity index (χ4v) is 5.68. The van der Waals surface area contributed by atoms with Crippen molar-refractivity contribution in [1.29, 1.82) is 0 Å². The highest BCUT2D eigenvalue weighted by molar-refractivity contribution is 7.89. The Morgan fingerprint density at radius 1 is 1.03 bits per heavy atom. The van der Waals surface area contributed by atoms with Crippen molar-refractivity contribution in [3.63, 3.8) is 0 Å². The molecule has 1 fully saturated rings. The molecule has 1 aliphatic rings. The van der Waals surface area contributed by atoms with Crippen LogP contribution >= 0.6 is 0 Å². The number of benzene rings is 1. The van der Waals surface area contributed by atoms with Crippen LogP contribution in [0.4, 0.5) is 0 Å². The lowest BCUT2D eigenvalue weighted by molar-refractivity contribution is 0.0167. The van der Waals surface area contributed by atoms with E-state index in [0.717, 1.165) is 63.6 Å². The highest BCUT2D eigenvalue weighted by atomic mass is 32.2. The fraction of sp³-hybridized carbons (Fsp3) is 0.577. The van der Waals surface area contributed by atoms with Gasteiger partial charge in [0.25, 0.3) is 0 Å². The molecule has 33 heavy (non-hydrogen) atoms. The molecule has 1 aromatic heterocycles. The van der Waals surface area contributed by atoms with Gasteiger partial charge in [0.15, 0.2) is 0 Å². The predicted octanol–water partition coefficient (Wildman–Crippen LogP) is 4.81. The summed E-state index contributed by atoms with van der Waals surface area (Å²) in [6.45, 7) is 7.14. The monoisotopic (exact) mass is 473 g/mol. The second-order valence-electron chi connectivity index (χ2n) is 8.94. The van der Waals surface area contributed by atoms with Gasteiger partial charge < -0.3 is 10.1 Å². The van der Waals surface area contributed by atoms with E-state index in [-0.39, 0.29) is 4.90 Å². The first-order chi connectivity index (χ1) is 16.1. The van der Waals surface area contributed by atoms with Crippen molar-refractivity contribution in [3.05, 3.63) is 49.2 Å². The molecule has 1 saturated carbocycles. The Bertz CT molecular complexity index is 951. The number of fused-ring (bicyclic) bond motifs is 1. The Balaban J connectivity index is 1.29. The number of para-hydroxylation sites is 1. The van der Waals surface area contributed by atoms with Gasteiger partial charge in [0.05, 0.1) is 11.6 Å². The van der Waals surface area contributed by atoms with Gasteiger partial charge in [-0.1, -0.05) is 37.1 Å². The highest BCUT2D eigenvalue weighted by Crippen LogP contribution is 2.27. The zero-order valence-electron chi connectivity index (χ0n) is 19.7. The van der Waals surface area contributed by atoms with Crippen molar-refractivity contribution in [2.75, 3.05) is 26.2 Å². The number of aromatic nitrogens is 1. The van der Waals surface area contributed by atoms with Crippen molar-refractivity contribution < 1.29 is 13.2 Å².